The Kier molecular flexibility index (Phi) is 5.25. The third-order valence-electron chi connectivity index (χ3n) is 4.27. The number of hydrogen-bond acceptors (Lipinski definition) is 4. The van der Waals surface area contributed by atoms with Gasteiger partial charge in [-0.15, -0.1) is 11.3 Å². The van der Waals surface area contributed by atoms with Gasteiger partial charge in [-0.25, -0.2) is 4.98 Å². The first-order chi connectivity index (χ1) is 12.7. The quantitative estimate of drug-likeness (QED) is 0.688. The summed E-state index contributed by atoms with van der Waals surface area (Å²) in [7, 11) is 0. The van der Waals surface area contributed by atoms with Gasteiger partial charge in [0.1, 0.15) is 5.69 Å². The highest BCUT2D eigenvalue weighted by Gasteiger charge is 2.30. The molecule has 1 aromatic carbocycles. The standard InChI is InChI=1S/C18H18F3N3O2S/c1-10(2)14(8-25)22-16(26)15-9-27-17-23-13(7-24(15)17)11-3-5-12(6-4-11)18(19,20)21/h3-7,9-10,14,25H,8H2,1-2H3,(H,22,26)/t14-/m0/s1. The molecule has 0 aliphatic heterocycles. The average Bonchev–Trinajstić information content (AvgIpc) is 3.19. The van der Waals surface area contributed by atoms with E-state index in [4.69, 9.17) is 0 Å². The Labute approximate surface area is 157 Å². The number of aliphatic hydroxyl groups excluding tert-OH is 1. The molecule has 1 atom stereocenters. The third kappa shape index (κ3) is 3.98. The van der Waals surface area contributed by atoms with Crippen LogP contribution in [0.4, 0.5) is 13.2 Å². The van der Waals surface area contributed by atoms with Crippen molar-refractivity contribution in [3.05, 3.63) is 47.1 Å². The number of fused-ring (bicyclic) bond motifs is 1. The molecule has 0 saturated carbocycles. The van der Waals surface area contributed by atoms with Crippen LogP contribution in [0.15, 0.2) is 35.8 Å². The van der Waals surface area contributed by atoms with E-state index < -0.39 is 11.7 Å². The lowest BCUT2D eigenvalue weighted by Crippen LogP contribution is -2.41. The average molecular weight is 397 g/mol. The van der Waals surface area contributed by atoms with E-state index in [2.05, 4.69) is 10.3 Å². The van der Waals surface area contributed by atoms with E-state index in [-0.39, 0.29) is 24.5 Å². The van der Waals surface area contributed by atoms with Crippen LogP contribution in [-0.4, -0.2) is 33.0 Å². The van der Waals surface area contributed by atoms with E-state index in [1.807, 2.05) is 13.8 Å². The van der Waals surface area contributed by atoms with Crippen LogP contribution < -0.4 is 5.32 Å². The molecule has 0 fully saturated rings. The van der Waals surface area contributed by atoms with E-state index in [0.717, 1.165) is 12.1 Å². The highest BCUT2D eigenvalue weighted by molar-refractivity contribution is 7.15. The van der Waals surface area contributed by atoms with Crippen molar-refractivity contribution >= 4 is 22.2 Å². The van der Waals surface area contributed by atoms with Crippen LogP contribution in [0.25, 0.3) is 16.2 Å². The number of benzene rings is 1. The Morgan fingerprint density at radius 3 is 2.52 bits per heavy atom. The summed E-state index contributed by atoms with van der Waals surface area (Å²) < 4.78 is 39.7. The lowest BCUT2D eigenvalue weighted by molar-refractivity contribution is -0.137. The van der Waals surface area contributed by atoms with E-state index in [9.17, 15) is 23.1 Å². The second-order valence-electron chi connectivity index (χ2n) is 6.48. The number of nitrogens with zero attached hydrogens (tertiary/aromatic N) is 2. The Bertz CT molecular complexity index is 945. The topological polar surface area (TPSA) is 66.6 Å². The molecule has 0 unspecified atom stereocenters. The van der Waals surface area contributed by atoms with Gasteiger partial charge in [0.2, 0.25) is 0 Å². The Hall–Kier alpha value is -2.39. The molecule has 3 rings (SSSR count). The van der Waals surface area contributed by atoms with Crippen molar-refractivity contribution in [3.8, 4) is 11.3 Å². The molecule has 0 radical (unpaired) electrons. The summed E-state index contributed by atoms with van der Waals surface area (Å²) in [4.78, 5) is 17.4. The first kappa shape index (κ1) is 19.4. The van der Waals surface area contributed by atoms with Crippen LogP contribution in [0.1, 0.15) is 29.9 Å². The Morgan fingerprint density at radius 2 is 1.96 bits per heavy atom. The monoisotopic (exact) mass is 397 g/mol. The lowest BCUT2D eigenvalue weighted by atomic mass is 10.1. The molecule has 2 N–H and O–H groups in total. The number of imidazole rings is 1. The van der Waals surface area contributed by atoms with E-state index in [0.29, 0.717) is 21.9 Å². The SMILES string of the molecule is CC(C)[C@H](CO)NC(=O)c1csc2nc(-c3ccc(C(F)(F)F)cc3)cn12. The normalized spacial score (nSPS) is 13.3. The smallest absolute Gasteiger partial charge is 0.394 e. The number of nitrogens with one attached hydrogen (secondary N) is 1. The molecule has 0 aliphatic carbocycles. The minimum atomic E-state index is -4.39. The molecule has 3 aromatic rings. The molecule has 0 bridgehead atoms. The second kappa shape index (κ2) is 7.32. The van der Waals surface area contributed by atoms with Crippen LogP contribution in [0.5, 0.6) is 0 Å². The Morgan fingerprint density at radius 1 is 1.30 bits per heavy atom. The summed E-state index contributed by atoms with van der Waals surface area (Å²) in [6.07, 6.45) is -2.77. The number of carbonyl (C=O) groups is 1. The number of halogens is 3. The summed E-state index contributed by atoms with van der Waals surface area (Å²) in [6, 6.07) is 4.35. The van der Waals surface area contributed by atoms with Crippen LogP contribution in [0.3, 0.4) is 0 Å². The number of aliphatic hydroxyl groups is 1. The minimum absolute atomic E-state index is 0.0681. The summed E-state index contributed by atoms with van der Waals surface area (Å²) in [5, 5.41) is 13.8. The van der Waals surface area contributed by atoms with Crippen molar-refractivity contribution < 1.29 is 23.1 Å². The molecule has 9 heteroatoms. The molecular weight excluding hydrogens is 379 g/mol. The van der Waals surface area contributed by atoms with Crippen molar-refractivity contribution in [1.29, 1.82) is 0 Å². The van der Waals surface area contributed by atoms with Crippen molar-refractivity contribution in [2.45, 2.75) is 26.1 Å². The maximum absolute atomic E-state index is 12.7. The number of rotatable bonds is 5. The predicted molar refractivity (Wildman–Crippen MR) is 96.7 cm³/mol. The van der Waals surface area contributed by atoms with Gasteiger partial charge in [0.15, 0.2) is 4.96 Å². The van der Waals surface area contributed by atoms with Gasteiger partial charge >= 0.3 is 6.18 Å². The highest BCUT2D eigenvalue weighted by atomic mass is 32.1. The largest absolute Gasteiger partial charge is 0.416 e. The predicted octanol–water partition coefficient (Wildman–Crippen LogP) is 3.83. The number of amides is 1. The van der Waals surface area contributed by atoms with Crippen LogP contribution in [0.2, 0.25) is 0 Å². The van der Waals surface area contributed by atoms with Gasteiger partial charge in [0.25, 0.3) is 5.91 Å². The zero-order valence-electron chi connectivity index (χ0n) is 14.6. The molecule has 1 amide bonds. The second-order valence-corrected chi connectivity index (χ2v) is 7.32. The van der Waals surface area contributed by atoms with Crippen molar-refractivity contribution in [1.82, 2.24) is 14.7 Å². The van der Waals surface area contributed by atoms with Crippen LogP contribution >= 0.6 is 11.3 Å². The van der Waals surface area contributed by atoms with Gasteiger partial charge in [0, 0.05) is 17.1 Å². The van der Waals surface area contributed by atoms with Gasteiger partial charge in [-0.05, 0) is 18.1 Å². The fourth-order valence-electron chi connectivity index (χ4n) is 2.58. The summed E-state index contributed by atoms with van der Waals surface area (Å²) in [6.45, 7) is 3.62. The minimum Gasteiger partial charge on any atom is -0.394 e. The molecule has 144 valence electrons. The van der Waals surface area contributed by atoms with Gasteiger partial charge < -0.3 is 10.4 Å². The fraction of sp³-hybridized carbons (Fsp3) is 0.333. The molecule has 27 heavy (non-hydrogen) atoms. The molecular formula is C18H18F3N3O2S. The molecule has 5 nitrogen and oxygen atoms in total. The molecule has 0 saturated heterocycles. The molecule has 2 aromatic heterocycles. The first-order valence-electron chi connectivity index (χ1n) is 8.26. The van der Waals surface area contributed by atoms with Crippen molar-refractivity contribution in [2.75, 3.05) is 6.61 Å². The van der Waals surface area contributed by atoms with Gasteiger partial charge in [-0.2, -0.15) is 13.2 Å². The van der Waals surface area contributed by atoms with Gasteiger partial charge in [-0.3, -0.25) is 9.20 Å². The van der Waals surface area contributed by atoms with Crippen molar-refractivity contribution in [3.63, 3.8) is 0 Å². The van der Waals surface area contributed by atoms with E-state index in [1.54, 1.807) is 16.0 Å². The first-order valence-corrected chi connectivity index (χ1v) is 9.14. The highest BCUT2D eigenvalue weighted by Crippen LogP contribution is 2.31. The number of aromatic nitrogens is 2. The fourth-order valence-corrected chi connectivity index (χ4v) is 3.44. The number of alkyl halides is 3. The summed E-state index contributed by atoms with van der Waals surface area (Å²) in [5.74, 6) is -0.274. The zero-order chi connectivity index (χ0) is 19.8. The van der Waals surface area contributed by atoms with Crippen molar-refractivity contribution in [2.24, 2.45) is 5.92 Å². The van der Waals surface area contributed by atoms with E-state index in [1.165, 1.54) is 23.5 Å². The summed E-state index contributed by atoms with van der Waals surface area (Å²) in [5.41, 5.74) is 0.642. The number of thiazole rings is 1. The Balaban J connectivity index is 1.88. The molecule has 0 spiro atoms. The van der Waals surface area contributed by atoms with Gasteiger partial charge in [0.05, 0.1) is 23.9 Å². The molecule has 0 aliphatic rings. The van der Waals surface area contributed by atoms with Gasteiger partial charge in [-0.1, -0.05) is 26.0 Å². The maximum Gasteiger partial charge on any atom is 0.416 e. The summed E-state index contributed by atoms with van der Waals surface area (Å²) >= 11 is 1.26. The van der Waals surface area contributed by atoms with Crippen LogP contribution in [-0.2, 0) is 6.18 Å². The maximum atomic E-state index is 12.7. The zero-order valence-corrected chi connectivity index (χ0v) is 15.4. The molecule has 2 heterocycles. The number of carbonyl (C=O) groups excluding carboxylic acids is 1. The number of hydrogen-bond donors (Lipinski definition) is 2. The third-order valence-corrected chi connectivity index (χ3v) is 5.11. The lowest BCUT2D eigenvalue weighted by Gasteiger charge is -2.19. The van der Waals surface area contributed by atoms with E-state index >= 15 is 0 Å². The van der Waals surface area contributed by atoms with Crippen LogP contribution in [0, 0.1) is 5.92 Å².